The summed E-state index contributed by atoms with van der Waals surface area (Å²) in [6.45, 7) is 4.75. The van der Waals surface area contributed by atoms with Crippen molar-refractivity contribution in [2.24, 2.45) is 11.8 Å². The first-order valence-corrected chi connectivity index (χ1v) is 8.53. The Morgan fingerprint density at radius 1 is 1.18 bits per heavy atom. The molecule has 0 aliphatic carbocycles. The van der Waals surface area contributed by atoms with Crippen LogP contribution in [0.4, 0.5) is 0 Å². The number of hydrogen-bond acceptors (Lipinski definition) is 5. The summed E-state index contributed by atoms with van der Waals surface area (Å²) in [7, 11) is 0. The molecule has 4 heterocycles. The van der Waals surface area contributed by atoms with Crippen molar-refractivity contribution < 1.29 is 4.79 Å². The molecule has 0 radical (unpaired) electrons. The normalized spacial score (nSPS) is 24.6. The van der Waals surface area contributed by atoms with Crippen LogP contribution in [0.5, 0.6) is 0 Å². The molecule has 2 aliphatic rings. The third-order valence-corrected chi connectivity index (χ3v) is 5.20. The number of fused-ring (bicyclic) bond motifs is 1. The van der Waals surface area contributed by atoms with E-state index in [1.807, 2.05) is 28.6 Å². The van der Waals surface area contributed by atoms with Crippen LogP contribution >= 0.6 is 11.3 Å². The summed E-state index contributed by atoms with van der Waals surface area (Å²) in [5, 5.41) is 1.84. The Kier molecular flexibility index (Phi) is 3.63. The van der Waals surface area contributed by atoms with Crippen LogP contribution in [0.25, 0.3) is 0 Å². The minimum Gasteiger partial charge on any atom is -0.337 e. The first-order chi connectivity index (χ1) is 10.8. The summed E-state index contributed by atoms with van der Waals surface area (Å²) < 4.78 is 0. The van der Waals surface area contributed by atoms with Gasteiger partial charge in [-0.25, -0.2) is 4.98 Å². The molecule has 0 aromatic carbocycles. The quantitative estimate of drug-likeness (QED) is 0.866. The molecule has 0 unspecified atom stereocenters. The zero-order valence-electron chi connectivity index (χ0n) is 12.3. The second kappa shape index (κ2) is 5.78. The molecular formula is C16H18N4OS. The molecule has 2 fully saturated rings. The summed E-state index contributed by atoms with van der Waals surface area (Å²) >= 11 is 1.48. The maximum absolute atomic E-state index is 12.4. The minimum atomic E-state index is 0.0897. The lowest BCUT2D eigenvalue weighted by Gasteiger charge is -2.20. The topological polar surface area (TPSA) is 49.3 Å². The van der Waals surface area contributed by atoms with Gasteiger partial charge in [-0.2, -0.15) is 0 Å². The molecule has 4 rings (SSSR count). The summed E-state index contributed by atoms with van der Waals surface area (Å²) in [5.41, 5.74) is 3.44. The third-order valence-electron chi connectivity index (χ3n) is 4.61. The van der Waals surface area contributed by atoms with Crippen LogP contribution in [0.2, 0.25) is 0 Å². The number of thiazole rings is 1. The number of hydrogen-bond donors (Lipinski definition) is 0. The van der Waals surface area contributed by atoms with Crippen LogP contribution in [-0.2, 0) is 6.54 Å². The van der Waals surface area contributed by atoms with E-state index in [9.17, 15) is 4.79 Å². The fourth-order valence-electron chi connectivity index (χ4n) is 3.59. The van der Waals surface area contributed by atoms with E-state index < -0.39 is 0 Å². The van der Waals surface area contributed by atoms with Crippen molar-refractivity contribution in [1.29, 1.82) is 0 Å². The molecule has 0 saturated carbocycles. The lowest BCUT2D eigenvalue weighted by Crippen LogP contribution is -2.33. The highest BCUT2D eigenvalue weighted by atomic mass is 32.1. The predicted molar refractivity (Wildman–Crippen MR) is 84.5 cm³/mol. The molecule has 2 aromatic heterocycles. The summed E-state index contributed by atoms with van der Waals surface area (Å²) in [4.78, 5) is 25.3. The van der Waals surface area contributed by atoms with Gasteiger partial charge in [0.2, 0.25) is 0 Å². The largest absolute Gasteiger partial charge is 0.337 e. The summed E-state index contributed by atoms with van der Waals surface area (Å²) in [6.07, 6.45) is 1.85. The minimum absolute atomic E-state index is 0.0897. The second-order valence-corrected chi connectivity index (χ2v) is 6.84. The van der Waals surface area contributed by atoms with Gasteiger partial charge in [-0.3, -0.25) is 14.7 Å². The smallest absolute Gasteiger partial charge is 0.273 e. The molecule has 0 spiro atoms. The van der Waals surface area contributed by atoms with Crippen LogP contribution < -0.4 is 0 Å². The first-order valence-electron chi connectivity index (χ1n) is 7.59. The van der Waals surface area contributed by atoms with E-state index >= 15 is 0 Å². The number of carbonyl (C=O) groups is 1. The highest BCUT2D eigenvalue weighted by molar-refractivity contribution is 7.07. The highest BCUT2D eigenvalue weighted by Crippen LogP contribution is 2.32. The van der Waals surface area contributed by atoms with E-state index in [-0.39, 0.29) is 5.91 Å². The van der Waals surface area contributed by atoms with Gasteiger partial charge >= 0.3 is 0 Å². The van der Waals surface area contributed by atoms with E-state index in [2.05, 4.69) is 20.9 Å². The molecule has 6 heteroatoms. The van der Waals surface area contributed by atoms with Gasteiger partial charge in [0.1, 0.15) is 5.69 Å². The molecule has 0 N–H and O–H groups in total. The van der Waals surface area contributed by atoms with E-state index in [1.165, 1.54) is 11.3 Å². The van der Waals surface area contributed by atoms with Crippen LogP contribution in [0.1, 0.15) is 16.2 Å². The number of carbonyl (C=O) groups excluding carboxylic acids is 1. The van der Waals surface area contributed by atoms with Crippen molar-refractivity contribution >= 4 is 17.2 Å². The summed E-state index contributed by atoms with van der Waals surface area (Å²) in [6, 6.07) is 6.06. The maximum Gasteiger partial charge on any atom is 0.273 e. The zero-order valence-corrected chi connectivity index (χ0v) is 13.1. The van der Waals surface area contributed by atoms with E-state index in [0.717, 1.165) is 38.4 Å². The fourth-order valence-corrected chi connectivity index (χ4v) is 4.11. The highest BCUT2D eigenvalue weighted by Gasteiger charge is 2.41. The molecule has 2 atom stereocenters. The molecule has 5 nitrogen and oxygen atoms in total. The zero-order chi connectivity index (χ0) is 14.9. The number of pyridine rings is 1. The monoisotopic (exact) mass is 314 g/mol. The van der Waals surface area contributed by atoms with Crippen molar-refractivity contribution in [2.45, 2.75) is 6.54 Å². The van der Waals surface area contributed by atoms with Gasteiger partial charge < -0.3 is 4.90 Å². The van der Waals surface area contributed by atoms with E-state index in [4.69, 9.17) is 0 Å². The van der Waals surface area contributed by atoms with Crippen LogP contribution in [0.15, 0.2) is 35.3 Å². The Morgan fingerprint density at radius 2 is 2.00 bits per heavy atom. The average molecular weight is 314 g/mol. The Morgan fingerprint density at radius 3 is 2.64 bits per heavy atom. The van der Waals surface area contributed by atoms with Gasteiger partial charge in [0, 0.05) is 44.3 Å². The lowest BCUT2D eigenvalue weighted by atomic mass is 10.0. The molecule has 1 amide bonds. The first kappa shape index (κ1) is 13.8. The van der Waals surface area contributed by atoms with Gasteiger partial charge in [0.25, 0.3) is 5.91 Å². The van der Waals surface area contributed by atoms with Gasteiger partial charge in [0.15, 0.2) is 0 Å². The number of aromatic nitrogens is 2. The Hall–Kier alpha value is -1.79. The lowest BCUT2D eigenvalue weighted by molar-refractivity contribution is 0.0768. The van der Waals surface area contributed by atoms with Gasteiger partial charge in [-0.05, 0) is 24.0 Å². The Balaban J connectivity index is 1.36. The van der Waals surface area contributed by atoms with Crippen molar-refractivity contribution in [3.63, 3.8) is 0 Å². The van der Waals surface area contributed by atoms with E-state index in [0.29, 0.717) is 17.5 Å². The average Bonchev–Trinajstić information content (AvgIpc) is 3.23. The predicted octanol–water partition coefficient (Wildman–Crippen LogP) is 1.74. The molecule has 2 aromatic rings. The molecule has 2 saturated heterocycles. The number of rotatable bonds is 3. The summed E-state index contributed by atoms with van der Waals surface area (Å²) in [5.74, 6) is 1.27. The molecule has 114 valence electrons. The van der Waals surface area contributed by atoms with Gasteiger partial charge in [-0.1, -0.05) is 6.07 Å². The van der Waals surface area contributed by atoms with Crippen LogP contribution in [0.3, 0.4) is 0 Å². The standard InChI is InChI=1S/C16H18N4OS/c21-16(15-10-22-11-18-15)20-7-12-5-19(6-13(12)8-20)9-14-3-1-2-4-17-14/h1-4,10-13H,5-9H2/t12-,13-/m1/s1. The SMILES string of the molecule is O=C(c1cscn1)N1C[C@H]2CN(Cc3ccccn3)C[C@@H]2C1. The Labute approximate surface area is 133 Å². The molecule has 2 aliphatic heterocycles. The molecular weight excluding hydrogens is 296 g/mol. The maximum atomic E-state index is 12.4. The van der Waals surface area contributed by atoms with Crippen molar-refractivity contribution in [2.75, 3.05) is 26.2 Å². The van der Waals surface area contributed by atoms with Gasteiger partial charge in [0.05, 0.1) is 11.2 Å². The van der Waals surface area contributed by atoms with Crippen molar-refractivity contribution in [3.8, 4) is 0 Å². The third kappa shape index (κ3) is 2.64. The number of amides is 1. The van der Waals surface area contributed by atoms with Crippen molar-refractivity contribution in [1.82, 2.24) is 19.8 Å². The van der Waals surface area contributed by atoms with Crippen LogP contribution in [0, 0.1) is 11.8 Å². The second-order valence-electron chi connectivity index (χ2n) is 6.12. The Bertz CT molecular complexity index is 631. The van der Waals surface area contributed by atoms with E-state index in [1.54, 1.807) is 5.51 Å². The number of nitrogens with zero attached hydrogens (tertiary/aromatic N) is 4. The van der Waals surface area contributed by atoms with Gasteiger partial charge in [-0.15, -0.1) is 11.3 Å². The number of likely N-dealkylation sites (tertiary alicyclic amines) is 2. The fraction of sp³-hybridized carbons (Fsp3) is 0.438. The molecule has 22 heavy (non-hydrogen) atoms. The molecule has 0 bridgehead atoms. The van der Waals surface area contributed by atoms with Crippen LogP contribution in [-0.4, -0.2) is 51.9 Å². The van der Waals surface area contributed by atoms with Crippen molar-refractivity contribution in [3.05, 3.63) is 46.7 Å².